The molecule has 35 heavy (non-hydrogen) atoms. The molecule has 8 heteroatoms. The number of anilines is 1. The fraction of sp³-hybridized carbons (Fsp3) is 0.667. The van der Waals surface area contributed by atoms with Gasteiger partial charge in [0.1, 0.15) is 0 Å². The molecule has 0 radical (unpaired) electrons. The zero-order valence-electron chi connectivity index (χ0n) is 20.6. The van der Waals surface area contributed by atoms with Crippen molar-refractivity contribution in [2.75, 3.05) is 44.2 Å². The van der Waals surface area contributed by atoms with Crippen molar-refractivity contribution < 1.29 is 14.4 Å². The molecular weight excluding hydrogens is 442 g/mol. The van der Waals surface area contributed by atoms with Crippen molar-refractivity contribution in [3.8, 4) is 0 Å². The maximum Gasteiger partial charge on any atom is 0.315 e. The fourth-order valence-corrected chi connectivity index (χ4v) is 7.25. The number of nitrogens with one attached hydrogen (secondary N) is 3. The van der Waals surface area contributed by atoms with Gasteiger partial charge in [0, 0.05) is 63.3 Å². The van der Waals surface area contributed by atoms with Crippen LogP contribution < -0.4 is 20.9 Å². The summed E-state index contributed by atoms with van der Waals surface area (Å²) < 4.78 is 0. The number of carbonyl (C=O) groups is 3. The Bertz CT molecular complexity index is 877. The number of nitrogens with zero attached hydrogens (tertiary/aromatic N) is 2. The second-order valence-corrected chi connectivity index (χ2v) is 11.1. The molecule has 5 aliphatic rings. The maximum atomic E-state index is 12.5. The second-order valence-electron chi connectivity index (χ2n) is 11.1. The molecule has 0 aromatic heterocycles. The smallest absolute Gasteiger partial charge is 0.315 e. The topological polar surface area (TPSA) is 93.8 Å². The third kappa shape index (κ3) is 5.90. The molecule has 1 heterocycles. The maximum absolute atomic E-state index is 12.5. The zero-order chi connectivity index (χ0) is 24.3. The molecule has 4 amide bonds. The Hall–Kier alpha value is -2.77. The lowest BCUT2D eigenvalue weighted by atomic mass is 9.53. The molecule has 6 rings (SSSR count). The highest BCUT2D eigenvalue weighted by atomic mass is 16.2. The van der Waals surface area contributed by atoms with Gasteiger partial charge in [-0.2, -0.15) is 0 Å². The van der Waals surface area contributed by atoms with Crippen molar-refractivity contribution in [3.63, 3.8) is 0 Å². The normalized spacial score (nSPS) is 29.1. The Morgan fingerprint density at radius 2 is 1.40 bits per heavy atom. The molecule has 0 unspecified atom stereocenters. The molecule has 4 aliphatic carbocycles. The minimum absolute atomic E-state index is 0.0198. The number of para-hydroxylation sites is 1. The van der Waals surface area contributed by atoms with Gasteiger partial charge >= 0.3 is 6.03 Å². The van der Waals surface area contributed by atoms with Gasteiger partial charge in [-0.3, -0.25) is 9.59 Å². The first-order valence-electron chi connectivity index (χ1n) is 13.4. The van der Waals surface area contributed by atoms with E-state index < -0.39 is 0 Å². The average Bonchev–Trinajstić information content (AvgIpc) is 2.83. The summed E-state index contributed by atoms with van der Waals surface area (Å²) in [6.07, 6.45) is 7.89. The van der Waals surface area contributed by atoms with E-state index in [9.17, 15) is 14.4 Å². The summed E-state index contributed by atoms with van der Waals surface area (Å²) in [4.78, 5) is 41.4. The largest absolute Gasteiger partial charge is 0.368 e. The van der Waals surface area contributed by atoms with Crippen molar-refractivity contribution in [2.45, 2.75) is 56.9 Å². The van der Waals surface area contributed by atoms with E-state index in [1.54, 1.807) is 0 Å². The van der Waals surface area contributed by atoms with Gasteiger partial charge < -0.3 is 25.8 Å². The predicted molar refractivity (Wildman–Crippen MR) is 135 cm³/mol. The van der Waals surface area contributed by atoms with Crippen LogP contribution in [0.4, 0.5) is 10.5 Å². The van der Waals surface area contributed by atoms with E-state index in [0.29, 0.717) is 32.6 Å². The molecular formula is C27H39N5O3. The van der Waals surface area contributed by atoms with E-state index >= 15 is 0 Å². The molecule has 5 fully saturated rings. The lowest BCUT2D eigenvalue weighted by Crippen LogP contribution is -2.61. The van der Waals surface area contributed by atoms with Crippen LogP contribution in [0.25, 0.3) is 0 Å². The van der Waals surface area contributed by atoms with Gasteiger partial charge in [0.05, 0.1) is 0 Å². The van der Waals surface area contributed by atoms with Crippen molar-refractivity contribution in [2.24, 2.45) is 17.8 Å². The standard InChI is InChI=1S/C27H39N5O3/c33-24(6-8-29-26(35)30-27-17-20-14-21(18-27)16-22(15-20)19-27)28-9-7-25(34)32-12-10-31(11-13-32)23-4-2-1-3-5-23/h1-5,20-22H,6-19H2,(H,28,33)(H2,29,30,35). The minimum Gasteiger partial charge on any atom is -0.368 e. The monoisotopic (exact) mass is 481 g/mol. The molecule has 1 aliphatic heterocycles. The van der Waals surface area contributed by atoms with Crippen LogP contribution in [-0.2, 0) is 9.59 Å². The molecule has 190 valence electrons. The Balaban J connectivity index is 0.940. The van der Waals surface area contributed by atoms with Crippen LogP contribution in [0.5, 0.6) is 0 Å². The highest BCUT2D eigenvalue weighted by molar-refractivity contribution is 5.80. The Labute approximate surface area is 208 Å². The number of benzene rings is 1. The van der Waals surface area contributed by atoms with Crippen LogP contribution in [0.2, 0.25) is 0 Å². The van der Waals surface area contributed by atoms with E-state index in [2.05, 4.69) is 33.0 Å². The number of hydrogen-bond acceptors (Lipinski definition) is 4. The summed E-state index contributed by atoms with van der Waals surface area (Å²) in [5.41, 5.74) is 1.17. The highest BCUT2D eigenvalue weighted by Crippen LogP contribution is 2.55. The first kappa shape index (κ1) is 23.9. The van der Waals surface area contributed by atoms with E-state index in [0.717, 1.165) is 50.1 Å². The van der Waals surface area contributed by atoms with Crippen LogP contribution in [0, 0.1) is 17.8 Å². The summed E-state index contributed by atoms with van der Waals surface area (Å²) in [6, 6.07) is 10.1. The summed E-state index contributed by atoms with van der Waals surface area (Å²) in [5.74, 6) is 2.28. The Morgan fingerprint density at radius 1 is 0.800 bits per heavy atom. The molecule has 1 aromatic rings. The summed E-state index contributed by atoms with van der Waals surface area (Å²) >= 11 is 0. The summed E-state index contributed by atoms with van der Waals surface area (Å²) in [5, 5.41) is 8.96. The third-order valence-corrected chi connectivity index (χ3v) is 8.47. The van der Waals surface area contributed by atoms with Crippen LogP contribution in [0.15, 0.2) is 30.3 Å². The molecule has 4 saturated carbocycles. The van der Waals surface area contributed by atoms with Crippen molar-refractivity contribution in [1.29, 1.82) is 0 Å². The van der Waals surface area contributed by atoms with E-state index in [4.69, 9.17) is 0 Å². The number of piperazine rings is 1. The SMILES string of the molecule is O=C(CCNC(=O)NC12CC3CC(CC(C3)C1)C2)NCCC(=O)N1CCN(c2ccccc2)CC1. The zero-order valence-corrected chi connectivity index (χ0v) is 20.6. The van der Waals surface area contributed by atoms with Gasteiger partial charge in [0.25, 0.3) is 0 Å². The Morgan fingerprint density at radius 3 is 2.03 bits per heavy atom. The van der Waals surface area contributed by atoms with Crippen molar-refractivity contribution >= 4 is 23.5 Å². The van der Waals surface area contributed by atoms with Gasteiger partial charge in [-0.15, -0.1) is 0 Å². The van der Waals surface area contributed by atoms with Gasteiger partial charge in [-0.05, 0) is 68.4 Å². The van der Waals surface area contributed by atoms with Crippen LogP contribution in [0.1, 0.15) is 51.4 Å². The highest BCUT2D eigenvalue weighted by Gasteiger charge is 2.51. The van der Waals surface area contributed by atoms with E-state index in [1.807, 2.05) is 23.1 Å². The first-order chi connectivity index (χ1) is 17.0. The lowest BCUT2D eigenvalue weighted by Gasteiger charge is -2.56. The van der Waals surface area contributed by atoms with Crippen LogP contribution >= 0.6 is 0 Å². The number of amides is 4. The molecule has 4 bridgehead atoms. The first-order valence-corrected chi connectivity index (χ1v) is 13.4. The molecule has 8 nitrogen and oxygen atoms in total. The van der Waals surface area contributed by atoms with E-state index in [-0.39, 0.29) is 29.8 Å². The number of urea groups is 1. The van der Waals surface area contributed by atoms with Crippen LogP contribution in [-0.4, -0.2) is 67.6 Å². The molecule has 1 saturated heterocycles. The minimum atomic E-state index is -0.149. The van der Waals surface area contributed by atoms with Gasteiger partial charge in [-0.1, -0.05) is 18.2 Å². The second kappa shape index (κ2) is 10.5. The van der Waals surface area contributed by atoms with Gasteiger partial charge in [0.2, 0.25) is 11.8 Å². The third-order valence-electron chi connectivity index (χ3n) is 8.47. The van der Waals surface area contributed by atoms with Gasteiger partial charge in [-0.25, -0.2) is 4.79 Å². The number of rotatable bonds is 8. The summed E-state index contributed by atoms with van der Waals surface area (Å²) in [7, 11) is 0. The number of hydrogen-bond donors (Lipinski definition) is 3. The van der Waals surface area contributed by atoms with Crippen LogP contribution in [0.3, 0.4) is 0 Å². The van der Waals surface area contributed by atoms with E-state index in [1.165, 1.54) is 24.9 Å². The van der Waals surface area contributed by atoms with Crippen molar-refractivity contribution in [3.05, 3.63) is 30.3 Å². The van der Waals surface area contributed by atoms with Crippen molar-refractivity contribution in [1.82, 2.24) is 20.9 Å². The summed E-state index contributed by atoms with van der Waals surface area (Å²) in [6.45, 7) is 3.67. The molecule has 0 atom stereocenters. The fourth-order valence-electron chi connectivity index (χ4n) is 7.25. The molecule has 0 spiro atoms. The molecule has 3 N–H and O–H groups in total. The predicted octanol–water partition coefficient (Wildman–Crippen LogP) is 2.50. The number of carbonyl (C=O) groups excluding carboxylic acids is 3. The quantitative estimate of drug-likeness (QED) is 0.532. The Kier molecular flexibility index (Phi) is 7.16. The average molecular weight is 482 g/mol. The van der Waals surface area contributed by atoms with Gasteiger partial charge in [0.15, 0.2) is 0 Å². The lowest BCUT2D eigenvalue weighted by molar-refractivity contribution is -0.131. The molecule has 1 aromatic carbocycles.